The van der Waals surface area contributed by atoms with E-state index in [4.69, 9.17) is 5.73 Å². The van der Waals surface area contributed by atoms with Gasteiger partial charge in [0.1, 0.15) is 5.65 Å². The first-order valence-corrected chi connectivity index (χ1v) is 6.74. The second-order valence-corrected chi connectivity index (χ2v) is 4.95. The molecule has 4 N–H and O–H groups in total. The van der Waals surface area contributed by atoms with Crippen molar-refractivity contribution in [3.63, 3.8) is 0 Å². The largest absolute Gasteiger partial charge is 0.346 e. The highest BCUT2D eigenvalue weighted by Gasteiger charge is 2.08. The summed E-state index contributed by atoms with van der Waals surface area (Å²) in [7, 11) is 0. The maximum Gasteiger partial charge on any atom is 0.240 e. The van der Waals surface area contributed by atoms with Crippen LogP contribution in [0.2, 0.25) is 0 Å². The number of hydrogen-bond acceptors (Lipinski definition) is 3. The number of pyridine rings is 1. The van der Waals surface area contributed by atoms with Crippen LogP contribution in [0.1, 0.15) is 6.92 Å². The first-order valence-electron chi connectivity index (χ1n) is 6.74. The van der Waals surface area contributed by atoms with Crippen LogP contribution < -0.4 is 11.1 Å². The van der Waals surface area contributed by atoms with Gasteiger partial charge in [0.2, 0.25) is 5.91 Å². The average molecular weight is 280 g/mol. The van der Waals surface area contributed by atoms with Gasteiger partial charge >= 0.3 is 0 Å². The molecule has 0 aliphatic heterocycles. The fourth-order valence-corrected chi connectivity index (χ4v) is 2.20. The second-order valence-electron chi connectivity index (χ2n) is 4.95. The molecule has 0 bridgehead atoms. The molecule has 3 rings (SSSR count). The van der Waals surface area contributed by atoms with Crippen molar-refractivity contribution in [2.75, 3.05) is 5.32 Å². The lowest BCUT2D eigenvalue weighted by molar-refractivity contribution is -0.117. The topological polar surface area (TPSA) is 83.8 Å². The van der Waals surface area contributed by atoms with E-state index in [9.17, 15) is 4.79 Å². The minimum Gasteiger partial charge on any atom is -0.346 e. The Bertz CT molecular complexity index is 774. The van der Waals surface area contributed by atoms with E-state index in [1.807, 2.05) is 42.6 Å². The normalized spacial score (nSPS) is 12.3. The van der Waals surface area contributed by atoms with E-state index in [2.05, 4.69) is 15.3 Å². The maximum absolute atomic E-state index is 11.6. The molecule has 1 atom stereocenters. The van der Waals surface area contributed by atoms with Gasteiger partial charge in [0.15, 0.2) is 0 Å². The zero-order valence-corrected chi connectivity index (χ0v) is 11.6. The minimum atomic E-state index is -0.524. The zero-order chi connectivity index (χ0) is 14.8. The number of aromatic amines is 1. The van der Waals surface area contributed by atoms with Crippen LogP contribution in [-0.2, 0) is 4.79 Å². The number of amides is 1. The highest BCUT2D eigenvalue weighted by atomic mass is 16.2. The smallest absolute Gasteiger partial charge is 0.240 e. The molecule has 0 spiro atoms. The van der Waals surface area contributed by atoms with Crippen molar-refractivity contribution in [1.29, 1.82) is 0 Å². The summed E-state index contributed by atoms with van der Waals surface area (Å²) in [6.07, 6.45) is 3.65. The van der Waals surface area contributed by atoms with Crippen LogP contribution >= 0.6 is 0 Å². The lowest BCUT2D eigenvalue weighted by Gasteiger charge is -2.09. The third-order valence-corrected chi connectivity index (χ3v) is 3.34. The van der Waals surface area contributed by atoms with Gasteiger partial charge in [-0.1, -0.05) is 12.1 Å². The Morgan fingerprint density at radius 3 is 2.71 bits per heavy atom. The van der Waals surface area contributed by atoms with Crippen molar-refractivity contribution in [3.8, 4) is 11.1 Å². The Balaban J connectivity index is 1.91. The van der Waals surface area contributed by atoms with Crippen molar-refractivity contribution in [1.82, 2.24) is 9.97 Å². The standard InChI is InChI=1S/C16H16N4O/c1-10(17)16(21)20-12-4-2-11(3-5-12)13-6-8-18-15-14(13)7-9-19-15/h2-10H,17H2,1H3,(H,18,19)(H,20,21). The molecule has 1 amide bonds. The van der Waals surface area contributed by atoms with Gasteiger partial charge in [0.25, 0.3) is 0 Å². The van der Waals surface area contributed by atoms with Crippen molar-refractivity contribution in [3.05, 3.63) is 48.8 Å². The molecule has 0 aliphatic rings. The summed E-state index contributed by atoms with van der Waals surface area (Å²) in [6.45, 7) is 1.66. The van der Waals surface area contributed by atoms with Gasteiger partial charge in [-0.15, -0.1) is 0 Å². The van der Waals surface area contributed by atoms with Gasteiger partial charge in [0.05, 0.1) is 6.04 Å². The van der Waals surface area contributed by atoms with Gasteiger partial charge < -0.3 is 16.0 Å². The number of carbonyl (C=O) groups excluding carboxylic acids is 1. The minimum absolute atomic E-state index is 0.195. The molecule has 1 aromatic carbocycles. The Labute approximate surface area is 122 Å². The predicted molar refractivity (Wildman–Crippen MR) is 83.8 cm³/mol. The highest BCUT2D eigenvalue weighted by Crippen LogP contribution is 2.27. The number of nitrogens with one attached hydrogen (secondary N) is 2. The van der Waals surface area contributed by atoms with Gasteiger partial charge in [-0.05, 0) is 42.3 Å². The number of anilines is 1. The van der Waals surface area contributed by atoms with Crippen LogP contribution in [-0.4, -0.2) is 21.9 Å². The molecule has 2 heterocycles. The van der Waals surface area contributed by atoms with Gasteiger partial charge in [-0.2, -0.15) is 0 Å². The van der Waals surface area contributed by atoms with Crippen molar-refractivity contribution < 1.29 is 4.79 Å². The lowest BCUT2D eigenvalue weighted by Crippen LogP contribution is -2.32. The molecule has 21 heavy (non-hydrogen) atoms. The fraction of sp³-hybridized carbons (Fsp3) is 0.125. The van der Waals surface area contributed by atoms with E-state index in [1.54, 1.807) is 13.1 Å². The molecule has 0 radical (unpaired) electrons. The summed E-state index contributed by atoms with van der Waals surface area (Å²) in [4.78, 5) is 18.9. The molecular weight excluding hydrogens is 264 g/mol. The molecule has 0 fully saturated rings. The first kappa shape index (κ1) is 13.3. The summed E-state index contributed by atoms with van der Waals surface area (Å²) in [6, 6.07) is 11.1. The van der Waals surface area contributed by atoms with E-state index >= 15 is 0 Å². The van der Waals surface area contributed by atoms with Crippen LogP contribution in [0, 0.1) is 0 Å². The quantitative estimate of drug-likeness (QED) is 0.689. The summed E-state index contributed by atoms with van der Waals surface area (Å²) in [5.74, 6) is -0.195. The molecule has 5 nitrogen and oxygen atoms in total. The molecule has 106 valence electrons. The number of benzene rings is 1. The summed E-state index contributed by atoms with van der Waals surface area (Å²) in [5.41, 5.74) is 9.31. The number of nitrogens with two attached hydrogens (primary N) is 1. The third-order valence-electron chi connectivity index (χ3n) is 3.34. The fourth-order valence-electron chi connectivity index (χ4n) is 2.20. The molecule has 2 aromatic heterocycles. The zero-order valence-electron chi connectivity index (χ0n) is 11.6. The third kappa shape index (κ3) is 2.64. The predicted octanol–water partition coefficient (Wildman–Crippen LogP) is 2.52. The molecule has 0 saturated carbocycles. The van der Waals surface area contributed by atoms with E-state index in [-0.39, 0.29) is 5.91 Å². The van der Waals surface area contributed by atoms with E-state index in [0.29, 0.717) is 0 Å². The monoisotopic (exact) mass is 280 g/mol. The number of H-pyrrole nitrogens is 1. The lowest BCUT2D eigenvalue weighted by atomic mass is 10.0. The van der Waals surface area contributed by atoms with Gasteiger partial charge in [0, 0.05) is 23.5 Å². The van der Waals surface area contributed by atoms with Crippen LogP contribution in [0.15, 0.2) is 48.8 Å². The average Bonchev–Trinajstić information content (AvgIpc) is 2.96. The Morgan fingerprint density at radius 2 is 2.00 bits per heavy atom. The summed E-state index contributed by atoms with van der Waals surface area (Å²) >= 11 is 0. The molecule has 0 saturated heterocycles. The Kier molecular flexibility index (Phi) is 3.41. The molecule has 0 aliphatic carbocycles. The maximum atomic E-state index is 11.6. The highest BCUT2D eigenvalue weighted by molar-refractivity contribution is 5.96. The van der Waals surface area contributed by atoms with E-state index < -0.39 is 6.04 Å². The molecule has 1 unspecified atom stereocenters. The van der Waals surface area contributed by atoms with Crippen LogP contribution in [0.4, 0.5) is 5.69 Å². The number of nitrogens with zero attached hydrogens (tertiary/aromatic N) is 1. The SMILES string of the molecule is CC(N)C(=O)Nc1ccc(-c2ccnc3[nH]ccc23)cc1. The number of hydrogen-bond donors (Lipinski definition) is 3. The van der Waals surface area contributed by atoms with Gasteiger partial charge in [-0.25, -0.2) is 4.98 Å². The number of carbonyl (C=O) groups is 1. The number of aromatic nitrogens is 2. The van der Waals surface area contributed by atoms with Crippen LogP contribution in [0.5, 0.6) is 0 Å². The van der Waals surface area contributed by atoms with Crippen molar-refractivity contribution in [2.24, 2.45) is 5.73 Å². The van der Waals surface area contributed by atoms with Gasteiger partial charge in [-0.3, -0.25) is 4.79 Å². The van der Waals surface area contributed by atoms with Crippen molar-refractivity contribution >= 4 is 22.6 Å². The molecule has 5 heteroatoms. The van der Waals surface area contributed by atoms with E-state index in [0.717, 1.165) is 27.8 Å². The Morgan fingerprint density at radius 1 is 1.24 bits per heavy atom. The summed E-state index contributed by atoms with van der Waals surface area (Å²) in [5, 5.41) is 3.84. The molecular formula is C16H16N4O. The Hall–Kier alpha value is -2.66. The molecule has 3 aromatic rings. The number of fused-ring (bicyclic) bond motifs is 1. The van der Waals surface area contributed by atoms with Crippen molar-refractivity contribution in [2.45, 2.75) is 13.0 Å². The van der Waals surface area contributed by atoms with Crippen LogP contribution in [0.3, 0.4) is 0 Å². The second kappa shape index (κ2) is 5.38. The first-order chi connectivity index (χ1) is 10.1. The van der Waals surface area contributed by atoms with E-state index in [1.165, 1.54) is 0 Å². The van der Waals surface area contributed by atoms with Crippen LogP contribution in [0.25, 0.3) is 22.2 Å². The number of rotatable bonds is 3. The summed E-state index contributed by atoms with van der Waals surface area (Å²) < 4.78 is 0.